The van der Waals surface area contributed by atoms with Crippen molar-refractivity contribution in [2.45, 2.75) is 11.8 Å². The van der Waals surface area contributed by atoms with Crippen LogP contribution in [0.15, 0.2) is 35.2 Å². The molecule has 2 rings (SSSR count). The van der Waals surface area contributed by atoms with E-state index in [0.717, 1.165) is 5.75 Å². The summed E-state index contributed by atoms with van der Waals surface area (Å²) in [6.07, 6.45) is 0. The van der Waals surface area contributed by atoms with Gasteiger partial charge < -0.3 is 15.2 Å². The van der Waals surface area contributed by atoms with E-state index in [1.54, 1.807) is 24.3 Å². The van der Waals surface area contributed by atoms with Crippen molar-refractivity contribution in [1.82, 2.24) is 9.97 Å². The molecule has 27 heavy (non-hydrogen) atoms. The van der Waals surface area contributed by atoms with Crippen molar-refractivity contribution in [1.29, 1.82) is 0 Å². The summed E-state index contributed by atoms with van der Waals surface area (Å²) in [5.74, 6) is 0.223. The van der Waals surface area contributed by atoms with Crippen molar-refractivity contribution in [3.05, 3.63) is 30.3 Å². The largest absolute Gasteiger partial charge is 0.481 e. The van der Waals surface area contributed by atoms with Gasteiger partial charge in [-0.05, 0) is 17.9 Å². The lowest BCUT2D eigenvalue weighted by Crippen LogP contribution is -2.45. The molecule has 0 unspecified atom stereocenters. The van der Waals surface area contributed by atoms with Gasteiger partial charge in [-0.3, -0.25) is 4.72 Å². The third-order valence-corrected chi connectivity index (χ3v) is 5.39. The van der Waals surface area contributed by atoms with Gasteiger partial charge in [0.05, 0.1) is 26.0 Å². The van der Waals surface area contributed by atoms with Gasteiger partial charge in [0.25, 0.3) is 5.95 Å². The highest BCUT2D eigenvalue weighted by Crippen LogP contribution is 2.29. The first kappa shape index (κ1) is 20.6. The van der Waals surface area contributed by atoms with E-state index < -0.39 is 22.2 Å². The highest BCUT2D eigenvalue weighted by atomic mass is 32.2. The van der Waals surface area contributed by atoms with Gasteiger partial charge in [-0.1, -0.05) is 19.1 Å². The van der Waals surface area contributed by atoms with Gasteiger partial charge in [0.15, 0.2) is 0 Å². The van der Waals surface area contributed by atoms with Crippen molar-refractivity contribution in [2.75, 3.05) is 29.0 Å². The fourth-order valence-corrected chi connectivity index (χ4v) is 3.94. The smallest absolute Gasteiger partial charge is 0.337 e. The molecule has 0 aliphatic carbocycles. The Morgan fingerprint density at radius 1 is 1.22 bits per heavy atom. The number of thioether (sulfide) groups is 1. The molecule has 0 aliphatic rings. The van der Waals surface area contributed by atoms with E-state index in [1.807, 2.05) is 6.92 Å². The predicted molar refractivity (Wildman–Crippen MR) is 103 cm³/mol. The number of anilines is 2. The number of ether oxygens (including phenoxy) is 2. The van der Waals surface area contributed by atoms with Crippen LogP contribution in [-0.4, -0.2) is 44.4 Å². The summed E-state index contributed by atoms with van der Waals surface area (Å²) < 4.78 is 38.2. The van der Waals surface area contributed by atoms with Crippen LogP contribution >= 0.6 is 11.8 Å². The minimum Gasteiger partial charge on any atom is -0.481 e. The van der Waals surface area contributed by atoms with Gasteiger partial charge in [-0.2, -0.15) is 18.4 Å². The lowest BCUT2D eigenvalue weighted by atomic mass is 10.3. The van der Waals surface area contributed by atoms with Crippen molar-refractivity contribution in [2.24, 2.45) is 5.73 Å². The molecule has 0 aliphatic heterocycles. The number of nitrogens with two attached hydrogens (primary N) is 1. The first-order chi connectivity index (χ1) is 12.8. The van der Waals surface area contributed by atoms with Gasteiger partial charge in [0.2, 0.25) is 11.8 Å². The summed E-state index contributed by atoms with van der Waals surface area (Å²) in [6, 6.07) is 6.80. The topological polar surface area (TPSA) is 137 Å². The molecule has 0 fully saturated rings. The maximum Gasteiger partial charge on any atom is 0.337 e. The first-order valence-corrected chi connectivity index (χ1v) is 10.1. The highest BCUT2D eigenvalue weighted by Gasteiger charge is 2.32. The summed E-state index contributed by atoms with van der Waals surface area (Å²) in [4.78, 5) is 20.4. The molecule has 2 aromatic rings. The number of amides is 2. The molecule has 0 spiro atoms. The zero-order chi connectivity index (χ0) is 20.0. The molecule has 3 N–H and O–H groups in total. The van der Waals surface area contributed by atoms with E-state index in [9.17, 15) is 13.2 Å². The molecule has 1 heterocycles. The molecule has 146 valence electrons. The number of benzene rings is 1. The number of nitrogens with zero attached hydrogens (tertiary/aromatic N) is 3. The van der Waals surface area contributed by atoms with Crippen molar-refractivity contribution in [3.63, 3.8) is 0 Å². The molecular weight excluding hydrogens is 394 g/mol. The third kappa shape index (κ3) is 4.92. The number of hydrogen-bond acceptors (Lipinski definition) is 8. The number of primary amides is 1. The third-order valence-electron chi connectivity index (χ3n) is 3.13. The zero-order valence-electron chi connectivity index (χ0n) is 14.9. The number of urea groups is 1. The molecule has 1 aromatic heterocycles. The monoisotopic (exact) mass is 413 g/mol. The number of rotatable bonds is 8. The van der Waals surface area contributed by atoms with Crippen molar-refractivity contribution in [3.8, 4) is 11.8 Å². The summed E-state index contributed by atoms with van der Waals surface area (Å²) >= 11 is 1.44. The van der Waals surface area contributed by atoms with Gasteiger partial charge >= 0.3 is 16.2 Å². The van der Waals surface area contributed by atoms with Crippen LogP contribution in [0.5, 0.6) is 11.8 Å². The van der Waals surface area contributed by atoms with Crippen LogP contribution in [-0.2, 0) is 10.2 Å². The lowest BCUT2D eigenvalue weighted by molar-refractivity contribution is 0.256. The molecule has 1 aromatic carbocycles. The number of hydrogen-bond donors (Lipinski definition) is 2. The van der Waals surface area contributed by atoms with Crippen LogP contribution in [0.4, 0.5) is 16.4 Å². The lowest BCUT2D eigenvalue weighted by Gasteiger charge is -2.20. The van der Waals surface area contributed by atoms with Crippen LogP contribution in [0.25, 0.3) is 0 Å². The Kier molecular flexibility index (Phi) is 6.69. The maximum atomic E-state index is 12.8. The fraction of sp³-hybridized carbons (Fsp3) is 0.267. The molecule has 0 radical (unpaired) electrons. The Balaban J connectivity index is 2.49. The van der Waals surface area contributed by atoms with E-state index >= 15 is 0 Å². The Hall–Kier alpha value is -2.73. The molecule has 10 nitrogen and oxygen atoms in total. The fourth-order valence-electron chi connectivity index (χ4n) is 2.03. The van der Waals surface area contributed by atoms with Gasteiger partial charge in [-0.25, -0.2) is 4.79 Å². The molecule has 0 saturated carbocycles. The minimum absolute atomic E-state index is 0.000221. The number of methoxy groups -OCH3 is 2. The van der Waals surface area contributed by atoms with Crippen LogP contribution in [0.1, 0.15) is 6.92 Å². The second kappa shape index (κ2) is 8.77. The second-order valence-electron chi connectivity index (χ2n) is 4.89. The van der Waals surface area contributed by atoms with Gasteiger partial charge in [0, 0.05) is 4.90 Å². The SMILES string of the molecule is CCSc1ccccc1NS(=O)(=O)N(C(N)=O)c1nc(OC)cc(OC)n1. The van der Waals surface area contributed by atoms with E-state index in [-0.39, 0.29) is 16.1 Å². The van der Waals surface area contributed by atoms with E-state index in [0.29, 0.717) is 10.6 Å². The van der Waals surface area contributed by atoms with Gasteiger partial charge in [0.1, 0.15) is 0 Å². The van der Waals surface area contributed by atoms with E-state index in [4.69, 9.17) is 15.2 Å². The number of para-hydroxylation sites is 1. The Labute approximate surface area is 161 Å². The van der Waals surface area contributed by atoms with Crippen LogP contribution < -0.4 is 24.2 Å². The summed E-state index contributed by atoms with van der Waals surface area (Å²) in [5, 5.41) is 0. The quantitative estimate of drug-likeness (QED) is 0.626. The maximum absolute atomic E-state index is 12.8. The Morgan fingerprint density at radius 2 is 1.81 bits per heavy atom. The Bertz CT molecular complexity index is 900. The second-order valence-corrected chi connectivity index (χ2v) is 7.72. The van der Waals surface area contributed by atoms with E-state index in [1.165, 1.54) is 32.0 Å². The zero-order valence-corrected chi connectivity index (χ0v) is 16.5. The summed E-state index contributed by atoms with van der Waals surface area (Å²) in [6.45, 7) is 1.93. The normalized spacial score (nSPS) is 10.9. The molecule has 0 atom stereocenters. The minimum atomic E-state index is -4.46. The Morgan fingerprint density at radius 3 is 2.33 bits per heavy atom. The predicted octanol–water partition coefficient (Wildman–Crippen LogP) is 1.85. The molecule has 12 heteroatoms. The first-order valence-electron chi connectivity index (χ1n) is 7.63. The molecule has 0 bridgehead atoms. The van der Waals surface area contributed by atoms with Crippen LogP contribution in [0.3, 0.4) is 0 Å². The van der Waals surface area contributed by atoms with E-state index in [2.05, 4.69) is 14.7 Å². The molecular formula is C15H19N5O5S2. The number of carbonyl (C=O) groups is 1. The summed E-state index contributed by atoms with van der Waals surface area (Å²) in [7, 11) is -1.81. The van der Waals surface area contributed by atoms with Gasteiger partial charge in [-0.15, -0.1) is 16.1 Å². The van der Waals surface area contributed by atoms with Crippen LogP contribution in [0, 0.1) is 0 Å². The van der Waals surface area contributed by atoms with Crippen LogP contribution in [0.2, 0.25) is 0 Å². The number of nitrogens with one attached hydrogen (secondary N) is 1. The number of aromatic nitrogens is 2. The summed E-state index contributed by atoms with van der Waals surface area (Å²) in [5.41, 5.74) is 5.59. The van der Waals surface area contributed by atoms with Crippen molar-refractivity contribution >= 4 is 39.6 Å². The average Bonchev–Trinajstić information content (AvgIpc) is 2.62. The standard InChI is InChI=1S/C15H19N5O5S2/c1-4-26-11-8-6-5-7-10(11)19-27(22,23)20(14(16)21)15-17-12(24-2)9-13(18-15)25-3/h5-9,19H,4H2,1-3H3,(H2,16,21). The van der Waals surface area contributed by atoms with Crippen molar-refractivity contribution < 1.29 is 22.7 Å². The highest BCUT2D eigenvalue weighted by molar-refractivity contribution is 7.99. The average molecular weight is 413 g/mol. The molecule has 2 amide bonds. The number of carbonyl (C=O) groups excluding carboxylic acids is 1. The molecule has 0 saturated heterocycles.